The van der Waals surface area contributed by atoms with Crippen LogP contribution in [0, 0.1) is 17.3 Å². The van der Waals surface area contributed by atoms with E-state index < -0.39 is 0 Å². The lowest BCUT2D eigenvalue weighted by Gasteiger charge is -2.29. The fourth-order valence-electron chi connectivity index (χ4n) is 1.06. The molecule has 86 valence electrons. The zero-order valence-electron chi connectivity index (χ0n) is 10.3. The lowest BCUT2D eigenvalue weighted by Crippen LogP contribution is -2.24. The van der Waals surface area contributed by atoms with Gasteiger partial charge in [0.25, 0.3) is 0 Å². The molecule has 0 spiro atoms. The van der Waals surface area contributed by atoms with Gasteiger partial charge in [0, 0.05) is 5.33 Å². The van der Waals surface area contributed by atoms with E-state index in [1.807, 2.05) is 0 Å². The van der Waals surface area contributed by atoms with Crippen LogP contribution < -0.4 is 0 Å². The zero-order chi connectivity index (χ0) is 11.2. The molecule has 0 N–H and O–H groups in total. The molecule has 0 fully saturated rings. The fraction of sp³-hybridized carbons (Fsp3) is 1.00. The molecule has 0 bridgehead atoms. The van der Waals surface area contributed by atoms with Crippen molar-refractivity contribution in [1.29, 1.82) is 0 Å². The highest BCUT2D eigenvalue weighted by molar-refractivity contribution is 9.09. The summed E-state index contributed by atoms with van der Waals surface area (Å²) in [4.78, 5) is 0. The van der Waals surface area contributed by atoms with Gasteiger partial charge < -0.3 is 0 Å². The Bertz CT molecular complexity index is 140. The minimum absolute atomic E-state index is 0.436. The minimum atomic E-state index is 0.436. The molecule has 0 aliphatic carbocycles. The Hall–Kier alpha value is 0.830. The second kappa shape index (κ2) is 7.16. The van der Waals surface area contributed by atoms with Crippen molar-refractivity contribution < 1.29 is 0 Å². The van der Waals surface area contributed by atoms with Gasteiger partial charge in [-0.15, -0.1) is 0 Å². The molecule has 0 saturated carbocycles. The minimum Gasteiger partial charge on any atom is -0.161 e. The van der Waals surface area contributed by atoms with Gasteiger partial charge in [-0.1, -0.05) is 57.0 Å². The largest absolute Gasteiger partial charge is 0.161 e. The van der Waals surface area contributed by atoms with E-state index in [-0.39, 0.29) is 0 Å². The molecule has 0 rings (SSSR count). The first-order valence-electron chi connectivity index (χ1n) is 5.55. The van der Waals surface area contributed by atoms with Gasteiger partial charge in [0.1, 0.15) is 0 Å². The fourth-order valence-corrected chi connectivity index (χ4v) is 4.24. The maximum absolute atomic E-state index is 3.62. The van der Waals surface area contributed by atoms with Crippen molar-refractivity contribution >= 4 is 27.7 Å². The van der Waals surface area contributed by atoms with Crippen LogP contribution >= 0.6 is 27.7 Å². The second-order valence-corrected chi connectivity index (χ2v) is 6.99. The van der Waals surface area contributed by atoms with Gasteiger partial charge in [-0.05, 0) is 28.8 Å². The van der Waals surface area contributed by atoms with Gasteiger partial charge in [-0.2, -0.15) is 11.8 Å². The predicted molar refractivity (Wildman–Crippen MR) is 73.5 cm³/mol. The molecular weight excluding hydrogens is 256 g/mol. The summed E-state index contributed by atoms with van der Waals surface area (Å²) < 4.78 is 0. The Balaban J connectivity index is 3.74. The molecule has 0 aromatic heterocycles. The summed E-state index contributed by atoms with van der Waals surface area (Å²) in [7, 11) is 0. The van der Waals surface area contributed by atoms with Crippen molar-refractivity contribution in [2.75, 3.05) is 16.8 Å². The van der Waals surface area contributed by atoms with Gasteiger partial charge in [-0.25, -0.2) is 0 Å². The van der Waals surface area contributed by atoms with E-state index in [4.69, 9.17) is 0 Å². The molecule has 0 aromatic carbocycles. The van der Waals surface area contributed by atoms with Crippen molar-refractivity contribution in [2.45, 2.75) is 41.0 Å². The number of halogens is 1. The van der Waals surface area contributed by atoms with Gasteiger partial charge in [0.15, 0.2) is 0 Å². The van der Waals surface area contributed by atoms with Gasteiger partial charge >= 0.3 is 0 Å². The van der Waals surface area contributed by atoms with Crippen molar-refractivity contribution in [2.24, 2.45) is 17.3 Å². The first kappa shape index (κ1) is 14.8. The van der Waals surface area contributed by atoms with Gasteiger partial charge in [0.05, 0.1) is 0 Å². The van der Waals surface area contributed by atoms with Crippen LogP contribution in [0.5, 0.6) is 0 Å². The SMILES string of the molecule is CCC(C)CSCC(CBr)C(C)(C)C. The van der Waals surface area contributed by atoms with Crippen LogP contribution in [0.4, 0.5) is 0 Å². The molecule has 2 atom stereocenters. The number of hydrogen-bond acceptors (Lipinski definition) is 1. The highest BCUT2D eigenvalue weighted by Crippen LogP contribution is 2.31. The first-order chi connectivity index (χ1) is 6.41. The third kappa shape index (κ3) is 6.34. The summed E-state index contributed by atoms with van der Waals surface area (Å²) in [6.45, 7) is 11.6. The number of alkyl halides is 1. The molecule has 0 aliphatic heterocycles. The summed E-state index contributed by atoms with van der Waals surface area (Å²) >= 11 is 5.74. The van der Waals surface area contributed by atoms with Crippen LogP contribution in [-0.2, 0) is 0 Å². The van der Waals surface area contributed by atoms with E-state index in [0.717, 1.165) is 17.2 Å². The second-order valence-electron chi connectivity index (χ2n) is 5.27. The molecule has 2 heteroatoms. The third-order valence-corrected chi connectivity index (χ3v) is 5.05. The summed E-state index contributed by atoms with van der Waals surface area (Å²) in [6, 6.07) is 0. The maximum Gasteiger partial charge on any atom is 0.00725 e. The molecule has 0 saturated heterocycles. The van der Waals surface area contributed by atoms with E-state index in [2.05, 4.69) is 62.3 Å². The van der Waals surface area contributed by atoms with Crippen LogP contribution in [0.2, 0.25) is 0 Å². The van der Waals surface area contributed by atoms with Crippen molar-refractivity contribution in [1.82, 2.24) is 0 Å². The number of hydrogen-bond donors (Lipinski definition) is 0. The van der Waals surface area contributed by atoms with E-state index in [1.54, 1.807) is 0 Å². The van der Waals surface area contributed by atoms with E-state index in [9.17, 15) is 0 Å². The first-order valence-corrected chi connectivity index (χ1v) is 7.83. The molecule has 0 nitrogen and oxygen atoms in total. The van der Waals surface area contributed by atoms with Crippen LogP contribution in [0.3, 0.4) is 0 Å². The van der Waals surface area contributed by atoms with Crippen LogP contribution in [0.15, 0.2) is 0 Å². The van der Waals surface area contributed by atoms with Gasteiger partial charge in [-0.3, -0.25) is 0 Å². The molecule has 0 radical (unpaired) electrons. The van der Waals surface area contributed by atoms with Crippen LogP contribution in [0.1, 0.15) is 41.0 Å². The molecule has 0 heterocycles. The van der Waals surface area contributed by atoms with Gasteiger partial charge in [0.2, 0.25) is 0 Å². The van der Waals surface area contributed by atoms with Crippen molar-refractivity contribution in [3.8, 4) is 0 Å². The molecule has 14 heavy (non-hydrogen) atoms. The summed E-state index contributed by atoms with van der Waals surface area (Å²) in [5.41, 5.74) is 0.436. The quantitative estimate of drug-likeness (QED) is 0.629. The Labute approximate surface area is 103 Å². The molecule has 0 aromatic rings. The van der Waals surface area contributed by atoms with Crippen molar-refractivity contribution in [3.05, 3.63) is 0 Å². The third-order valence-electron chi connectivity index (χ3n) is 2.83. The summed E-state index contributed by atoms with van der Waals surface area (Å²) in [5, 5.41) is 1.13. The summed E-state index contributed by atoms with van der Waals surface area (Å²) in [5.74, 6) is 4.27. The normalized spacial score (nSPS) is 16.7. The lowest BCUT2D eigenvalue weighted by molar-refractivity contribution is 0.295. The highest BCUT2D eigenvalue weighted by Gasteiger charge is 2.23. The number of thioether (sulfide) groups is 1. The predicted octanol–water partition coefficient (Wildman–Crippen LogP) is 4.82. The zero-order valence-corrected chi connectivity index (χ0v) is 12.7. The van der Waals surface area contributed by atoms with E-state index in [1.165, 1.54) is 17.9 Å². The summed E-state index contributed by atoms with van der Waals surface area (Å²) in [6.07, 6.45) is 1.31. The standard InChI is InChI=1S/C12H25BrS/c1-6-10(2)8-14-9-11(7-13)12(3,4)5/h10-11H,6-9H2,1-5H3. The molecule has 2 unspecified atom stereocenters. The average Bonchev–Trinajstić information content (AvgIpc) is 2.09. The average molecular weight is 281 g/mol. The monoisotopic (exact) mass is 280 g/mol. The number of rotatable bonds is 6. The Kier molecular flexibility index (Phi) is 7.59. The topological polar surface area (TPSA) is 0 Å². The van der Waals surface area contributed by atoms with E-state index in [0.29, 0.717) is 5.41 Å². The van der Waals surface area contributed by atoms with Crippen LogP contribution in [-0.4, -0.2) is 16.8 Å². The molecular formula is C12H25BrS. The Morgan fingerprint density at radius 3 is 2.14 bits per heavy atom. The Morgan fingerprint density at radius 2 is 1.79 bits per heavy atom. The Morgan fingerprint density at radius 1 is 1.21 bits per heavy atom. The van der Waals surface area contributed by atoms with Crippen LogP contribution in [0.25, 0.3) is 0 Å². The van der Waals surface area contributed by atoms with Crippen molar-refractivity contribution in [3.63, 3.8) is 0 Å². The van der Waals surface area contributed by atoms with E-state index >= 15 is 0 Å². The highest BCUT2D eigenvalue weighted by atomic mass is 79.9. The lowest BCUT2D eigenvalue weighted by atomic mass is 9.83. The molecule has 0 amide bonds. The smallest absolute Gasteiger partial charge is 0.00725 e. The maximum atomic E-state index is 3.62. The molecule has 0 aliphatic rings.